The fourth-order valence-corrected chi connectivity index (χ4v) is 4.00. The van der Waals surface area contributed by atoms with Crippen LogP contribution in [0.2, 0.25) is 0 Å². The molecular formula is C23H22F2N6O3. The molecule has 0 bridgehead atoms. The SMILES string of the molecule is Cn1c(=O)c2cnc(-c3cnc(N4CCOCC4)nc3)cc2n1Cc1ccccc1OC(F)F. The second-order valence-corrected chi connectivity index (χ2v) is 7.83. The molecule has 0 atom stereocenters. The largest absolute Gasteiger partial charge is 0.434 e. The van der Waals surface area contributed by atoms with Gasteiger partial charge >= 0.3 is 6.61 Å². The van der Waals surface area contributed by atoms with Gasteiger partial charge in [-0.3, -0.25) is 19.1 Å². The molecule has 3 aromatic heterocycles. The molecule has 0 spiro atoms. The molecule has 1 aromatic carbocycles. The van der Waals surface area contributed by atoms with Crippen molar-refractivity contribution in [2.45, 2.75) is 13.2 Å². The van der Waals surface area contributed by atoms with Crippen molar-refractivity contribution in [3.05, 3.63) is 64.8 Å². The molecule has 5 rings (SSSR count). The quantitative estimate of drug-likeness (QED) is 0.430. The van der Waals surface area contributed by atoms with Crippen molar-refractivity contribution >= 4 is 16.9 Å². The van der Waals surface area contributed by atoms with E-state index < -0.39 is 6.61 Å². The summed E-state index contributed by atoms with van der Waals surface area (Å²) in [6.45, 7) is -0.0373. The number of pyridine rings is 1. The van der Waals surface area contributed by atoms with Crippen LogP contribution in [0.15, 0.2) is 53.7 Å². The van der Waals surface area contributed by atoms with Crippen LogP contribution >= 0.6 is 0 Å². The minimum atomic E-state index is -2.94. The number of ether oxygens (including phenoxy) is 2. The molecular weight excluding hydrogens is 446 g/mol. The first-order chi connectivity index (χ1) is 16.5. The molecule has 0 aliphatic carbocycles. The summed E-state index contributed by atoms with van der Waals surface area (Å²) in [4.78, 5) is 28.2. The van der Waals surface area contributed by atoms with Crippen LogP contribution in [-0.4, -0.2) is 57.2 Å². The average Bonchev–Trinajstić information content (AvgIpc) is 3.10. The van der Waals surface area contributed by atoms with Gasteiger partial charge in [0.25, 0.3) is 5.56 Å². The Labute approximate surface area is 193 Å². The summed E-state index contributed by atoms with van der Waals surface area (Å²) in [5, 5.41) is 0.421. The number of benzene rings is 1. The van der Waals surface area contributed by atoms with Crippen LogP contribution in [0, 0.1) is 0 Å². The summed E-state index contributed by atoms with van der Waals surface area (Å²) < 4.78 is 38.9. The third-order valence-corrected chi connectivity index (χ3v) is 5.78. The molecule has 0 N–H and O–H groups in total. The van der Waals surface area contributed by atoms with Gasteiger partial charge in [0.1, 0.15) is 5.75 Å². The standard InChI is InChI=1S/C23H22F2N6O3/c1-29-21(32)17-13-26-18(16-11-27-23(28-12-16)30-6-8-33-9-7-30)10-19(17)31(29)14-15-4-2-3-5-20(15)34-22(24)25/h2-5,10-13,22H,6-9,14H2,1H3. The molecule has 0 saturated carbocycles. The van der Waals surface area contributed by atoms with Gasteiger partial charge in [0.05, 0.1) is 36.4 Å². The summed E-state index contributed by atoms with van der Waals surface area (Å²) in [7, 11) is 1.62. The number of morpholine rings is 1. The van der Waals surface area contributed by atoms with E-state index >= 15 is 0 Å². The summed E-state index contributed by atoms with van der Waals surface area (Å²) in [6, 6.07) is 8.30. The topological polar surface area (TPSA) is 87.3 Å². The number of alkyl halides is 2. The number of rotatable bonds is 6. The second-order valence-electron chi connectivity index (χ2n) is 7.83. The van der Waals surface area contributed by atoms with Crippen LogP contribution < -0.4 is 15.2 Å². The number of fused-ring (bicyclic) bond motifs is 1. The Morgan fingerprint density at radius 1 is 1.09 bits per heavy atom. The highest BCUT2D eigenvalue weighted by Crippen LogP contribution is 2.25. The first kappa shape index (κ1) is 22.0. The van der Waals surface area contributed by atoms with E-state index in [-0.39, 0.29) is 17.9 Å². The van der Waals surface area contributed by atoms with E-state index in [1.165, 1.54) is 16.9 Å². The Morgan fingerprint density at radius 2 is 1.82 bits per heavy atom. The van der Waals surface area contributed by atoms with E-state index in [4.69, 9.17) is 4.74 Å². The van der Waals surface area contributed by atoms with Crippen LogP contribution in [-0.2, 0) is 18.3 Å². The third-order valence-electron chi connectivity index (χ3n) is 5.78. The van der Waals surface area contributed by atoms with Gasteiger partial charge in [0.15, 0.2) is 0 Å². The number of anilines is 1. The highest BCUT2D eigenvalue weighted by molar-refractivity contribution is 5.82. The van der Waals surface area contributed by atoms with Crippen molar-refractivity contribution in [3.63, 3.8) is 0 Å². The van der Waals surface area contributed by atoms with Crippen molar-refractivity contribution in [2.75, 3.05) is 31.2 Å². The van der Waals surface area contributed by atoms with Crippen LogP contribution in [0.3, 0.4) is 0 Å². The Balaban J connectivity index is 1.50. The zero-order valence-electron chi connectivity index (χ0n) is 18.4. The average molecular weight is 468 g/mol. The molecule has 4 heterocycles. The number of hydrogen-bond donors (Lipinski definition) is 0. The molecule has 0 amide bonds. The van der Waals surface area contributed by atoms with Gasteiger partial charge in [-0.05, 0) is 12.1 Å². The maximum atomic E-state index is 12.8. The molecule has 1 saturated heterocycles. The van der Waals surface area contributed by atoms with Crippen molar-refractivity contribution in [1.29, 1.82) is 0 Å². The van der Waals surface area contributed by atoms with Gasteiger partial charge in [-0.2, -0.15) is 8.78 Å². The molecule has 176 valence electrons. The Kier molecular flexibility index (Phi) is 5.93. The van der Waals surface area contributed by atoms with E-state index in [9.17, 15) is 13.6 Å². The summed E-state index contributed by atoms with van der Waals surface area (Å²) >= 11 is 0. The van der Waals surface area contributed by atoms with Gasteiger partial charge < -0.3 is 14.4 Å². The minimum absolute atomic E-state index is 0.0631. The van der Waals surface area contributed by atoms with Crippen LogP contribution in [0.5, 0.6) is 5.75 Å². The lowest BCUT2D eigenvalue weighted by Crippen LogP contribution is -2.37. The predicted octanol–water partition coefficient (Wildman–Crippen LogP) is 2.68. The molecule has 0 radical (unpaired) electrons. The van der Waals surface area contributed by atoms with Gasteiger partial charge in [-0.1, -0.05) is 18.2 Å². The van der Waals surface area contributed by atoms with Crippen molar-refractivity contribution in [3.8, 4) is 17.0 Å². The lowest BCUT2D eigenvalue weighted by atomic mass is 10.2. The molecule has 1 aliphatic heterocycles. The number of para-hydroxylation sites is 1. The van der Waals surface area contributed by atoms with E-state index in [1.807, 2.05) is 0 Å². The summed E-state index contributed by atoms with van der Waals surface area (Å²) in [5.41, 5.74) is 2.19. The van der Waals surface area contributed by atoms with Crippen molar-refractivity contribution in [2.24, 2.45) is 7.05 Å². The fraction of sp³-hybridized carbons (Fsp3) is 0.304. The normalized spacial score (nSPS) is 14.2. The summed E-state index contributed by atoms with van der Waals surface area (Å²) in [5.74, 6) is 0.688. The molecule has 0 unspecified atom stereocenters. The Hall–Kier alpha value is -3.86. The highest BCUT2D eigenvalue weighted by atomic mass is 19.3. The molecule has 9 nitrogen and oxygen atoms in total. The molecule has 1 aliphatic rings. The lowest BCUT2D eigenvalue weighted by Gasteiger charge is -2.26. The van der Waals surface area contributed by atoms with E-state index in [0.717, 1.165) is 13.1 Å². The van der Waals surface area contributed by atoms with Crippen molar-refractivity contribution < 1.29 is 18.3 Å². The highest BCUT2D eigenvalue weighted by Gasteiger charge is 2.17. The Bertz CT molecular complexity index is 1360. The van der Waals surface area contributed by atoms with Gasteiger partial charge in [0, 0.05) is 49.9 Å². The fourth-order valence-electron chi connectivity index (χ4n) is 4.00. The van der Waals surface area contributed by atoms with Crippen LogP contribution in [0.25, 0.3) is 22.2 Å². The molecule has 34 heavy (non-hydrogen) atoms. The summed E-state index contributed by atoms with van der Waals surface area (Å²) in [6.07, 6.45) is 4.91. The smallest absolute Gasteiger partial charge is 0.387 e. The third kappa shape index (κ3) is 4.21. The zero-order valence-corrected chi connectivity index (χ0v) is 18.4. The second kappa shape index (κ2) is 9.18. The molecule has 1 fully saturated rings. The number of halogens is 2. The van der Waals surface area contributed by atoms with E-state index in [2.05, 4.69) is 24.6 Å². The number of aromatic nitrogens is 5. The Morgan fingerprint density at radius 3 is 2.56 bits per heavy atom. The van der Waals surface area contributed by atoms with Crippen molar-refractivity contribution in [1.82, 2.24) is 24.3 Å². The van der Waals surface area contributed by atoms with Crippen LogP contribution in [0.4, 0.5) is 14.7 Å². The molecule has 4 aromatic rings. The lowest BCUT2D eigenvalue weighted by molar-refractivity contribution is -0.0505. The van der Waals surface area contributed by atoms with Crippen LogP contribution in [0.1, 0.15) is 5.56 Å². The van der Waals surface area contributed by atoms with E-state index in [1.54, 1.807) is 48.4 Å². The van der Waals surface area contributed by atoms with E-state index in [0.29, 0.717) is 46.9 Å². The van der Waals surface area contributed by atoms with Gasteiger partial charge in [-0.15, -0.1) is 0 Å². The number of hydrogen-bond acceptors (Lipinski definition) is 7. The predicted molar refractivity (Wildman–Crippen MR) is 121 cm³/mol. The molecule has 11 heteroatoms. The zero-order chi connectivity index (χ0) is 23.7. The van der Waals surface area contributed by atoms with Gasteiger partial charge in [0.2, 0.25) is 5.95 Å². The maximum Gasteiger partial charge on any atom is 0.387 e. The maximum absolute atomic E-state index is 12.8. The number of nitrogens with zero attached hydrogens (tertiary/aromatic N) is 6. The first-order valence-electron chi connectivity index (χ1n) is 10.7. The first-order valence-corrected chi connectivity index (χ1v) is 10.7. The van der Waals surface area contributed by atoms with Gasteiger partial charge in [-0.25, -0.2) is 9.97 Å². The minimum Gasteiger partial charge on any atom is -0.434 e. The monoisotopic (exact) mass is 468 g/mol.